The molecule has 98 valence electrons. The van der Waals surface area contributed by atoms with Crippen molar-refractivity contribution in [1.29, 1.82) is 0 Å². The Bertz CT molecular complexity index is 578. The average Bonchev–Trinajstić information content (AvgIpc) is 2.56. The summed E-state index contributed by atoms with van der Waals surface area (Å²) in [5.74, 6) is 1.00. The average molecular weight is 266 g/mol. The molecule has 0 saturated carbocycles. The van der Waals surface area contributed by atoms with E-state index in [2.05, 4.69) is 26.1 Å². The van der Waals surface area contributed by atoms with Crippen molar-refractivity contribution in [1.82, 2.24) is 5.32 Å². The highest BCUT2D eigenvalue weighted by Crippen LogP contribution is 2.38. The van der Waals surface area contributed by atoms with Gasteiger partial charge in [0.2, 0.25) is 0 Å². The maximum Gasteiger partial charge on any atom is 0.137 e. The third-order valence-electron chi connectivity index (χ3n) is 3.10. The molecule has 3 heteroatoms. The van der Waals surface area contributed by atoms with E-state index in [4.69, 9.17) is 16.0 Å². The van der Waals surface area contributed by atoms with Crippen LogP contribution in [0.3, 0.4) is 0 Å². The van der Waals surface area contributed by atoms with Crippen molar-refractivity contribution >= 4 is 22.6 Å². The lowest BCUT2D eigenvalue weighted by atomic mass is 9.84. The van der Waals surface area contributed by atoms with Gasteiger partial charge in [0, 0.05) is 16.0 Å². The highest BCUT2D eigenvalue weighted by molar-refractivity contribution is 6.31. The second-order valence-corrected chi connectivity index (χ2v) is 6.22. The van der Waals surface area contributed by atoms with Gasteiger partial charge < -0.3 is 9.73 Å². The van der Waals surface area contributed by atoms with Crippen molar-refractivity contribution in [3.05, 3.63) is 34.0 Å². The van der Waals surface area contributed by atoms with E-state index in [-0.39, 0.29) is 5.41 Å². The molecule has 1 aromatic carbocycles. The van der Waals surface area contributed by atoms with Gasteiger partial charge >= 0.3 is 0 Å². The number of fused-ring (bicyclic) bond motifs is 1. The van der Waals surface area contributed by atoms with E-state index in [1.807, 2.05) is 26.1 Å². The third-order valence-corrected chi connectivity index (χ3v) is 3.32. The molecule has 1 heterocycles. The molecule has 0 radical (unpaired) electrons. The molecule has 0 bridgehead atoms. The molecule has 0 atom stereocenters. The minimum Gasteiger partial charge on any atom is -0.459 e. The van der Waals surface area contributed by atoms with Crippen LogP contribution >= 0.6 is 11.6 Å². The monoisotopic (exact) mass is 265 g/mol. The van der Waals surface area contributed by atoms with E-state index in [0.717, 1.165) is 33.9 Å². The van der Waals surface area contributed by atoms with E-state index in [9.17, 15) is 0 Å². The molecule has 2 aromatic rings. The van der Waals surface area contributed by atoms with Gasteiger partial charge in [-0.15, -0.1) is 0 Å². The van der Waals surface area contributed by atoms with Crippen LogP contribution in [0.25, 0.3) is 11.0 Å². The minimum absolute atomic E-state index is 0.0363. The van der Waals surface area contributed by atoms with Gasteiger partial charge in [-0.25, -0.2) is 0 Å². The Balaban J connectivity index is 2.81. The molecule has 0 saturated heterocycles. The highest BCUT2D eigenvalue weighted by Gasteiger charge is 2.25. The zero-order chi connectivity index (χ0) is 13.5. The number of nitrogens with one attached hydrogen (secondary N) is 1. The molecule has 0 amide bonds. The van der Waals surface area contributed by atoms with Gasteiger partial charge in [0.05, 0.1) is 6.54 Å². The fourth-order valence-electron chi connectivity index (χ4n) is 2.48. The van der Waals surface area contributed by atoms with Gasteiger partial charge in [-0.3, -0.25) is 0 Å². The van der Waals surface area contributed by atoms with E-state index in [0.29, 0.717) is 0 Å². The topological polar surface area (TPSA) is 25.2 Å². The summed E-state index contributed by atoms with van der Waals surface area (Å²) in [5.41, 5.74) is 3.33. The van der Waals surface area contributed by atoms with E-state index in [1.54, 1.807) is 0 Å². The molecular formula is C15H20ClNO. The van der Waals surface area contributed by atoms with Crippen LogP contribution in [0.5, 0.6) is 0 Å². The lowest BCUT2D eigenvalue weighted by Crippen LogP contribution is -2.15. The first kappa shape index (κ1) is 13.4. The number of benzene rings is 1. The third kappa shape index (κ3) is 2.27. The van der Waals surface area contributed by atoms with E-state index in [1.165, 1.54) is 5.56 Å². The Hall–Kier alpha value is -0.990. The number of aryl methyl sites for hydroxylation is 1. The van der Waals surface area contributed by atoms with Crippen LogP contribution in [0.2, 0.25) is 5.02 Å². The molecule has 1 aromatic heterocycles. The van der Waals surface area contributed by atoms with Crippen LogP contribution in [-0.2, 0) is 12.0 Å². The number of rotatable bonds is 2. The highest BCUT2D eigenvalue weighted by atomic mass is 35.5. The second kappa shape index (κ2) is 4.60. The molecule has 2 nitrogen and oxygen atoms in total. The quantitative estimate of drug-likeness (QED) is 0.870. The van der Waals surface area contributed by atoms with Crippen molar-refractivity contribution in [2.45, 2.75) is 39.7 Å². The first-order valence-electron chi connectivity index (χ1n) is 6.21. The Labute approximate surface area is 113 Å². The molecule has 0 aliphatic heterocycles. The van der Waals surface area contributed by atoms with E-state index >= 15 is 0 Å². The second-order valence-electron chi connectivity index (χ2n) is 5.78. The Morgan fingerprint density at radius 1 is 1.28 bits per heavy atom. The normalized spacial score (nSPS) is 12.3. The van der Waals surface area contributed by atoms with Gasteiger partial charge in [0.1, 0.15) is 11.3 Å². The van der Waals surface area contributed by atoms with Gasteiger partial charge in [-0.1, -0.05) is 32.4 Å². The summed E-state index contributed by atoms with van der Waals surface area (Å²) in [4.78, 5) is 0. The molecule has 18 heavy (non-hydrogen) atoms. The number of halogens is 1. The molecule has 0 fully saturated rings. The fourth-order valence-corrected chi connectivity index (χ4v) is 2.76. The van der Waals surface area contributed by atoms with Crippen LogP contribution in [0.4, 0.5) is 0 Å². The summed E-state index contributed by atoms with van der Waals surface area (Å²) in [7, 11) is 1.93. The summed E-state index contributed by atoms with van der Waals surface area (Å²) in [6.45, 7) is 9.37. The lowest BCUT2D eigenvalue weighted by molar-refractivity contribution is 0.494. The fraction of sp³-hybridized carbons (Fsp3) is 0.467. The Morgan fingerprint density at radius 3 is 2.50 bits per heavy atom. The van der Waals surface area contributed by atoms with Crippen molar-refractivity contribution in [2.24, 2.45) is 0 Å². The maximum atomic E-state index is 6.18. The molecule has 2 rings (SSSR count). The first-order chi connectivity index (χ1) is 8.34. The Morgan fingerprint density at radius 2 is 1.94 bits per heavy atom. The first-order valence-corrected chi connectivity index (χ1v) is 6.59. The molecular weight excluding hydrogens is 246 g/mol. The van der Waals surface area contributed by atoms with Crippen LogP contribution in [0.15, 0.2) is 16.5 Å². The number of hydrogen-bond acceptors (Lipinski definition) is 2. The summed E-state index contributed by atoms with van der Waals surface area (Å²) in [6.07, 6.45) is 0. The van der Waals surface area contributed by atoms with Gasteiger partial charge in [0.25, 0.3) is 0 Å². The smallest absolute Gasteiger partial charge is 0.137 e. The molecule has 0 aliphatic rings. The van der Waals surface area contributed by atoms with Crippen LogP contribution in [-0.4, -0.2) is 7.05 Å². The SMILES string of the molecule is CNCc1oc2c(C)cc(Cl)cc2c1C(C)(C)C. The molecule has 1 N–H and O–H groups in total. The van der Waals surface area contributed by atoms with E-state index < -0.39 is 0 Å². The molecule has 0 unspecified atom stereocenters. The van der Waals surface area contributed by atoms with Crippen molar-refractivity contribution < 1.29 is 4.42 Å². The molecule has 0 aliphatic carbocycles. The summed E-state index contributed by atoms with van der Waals surface area (Å²) >= 11 is 6.18. The predicted molar refractivity (Wildman–Crippen MR) is 77.4 cm³/mol. The van der Waals surface area contributed by atoms with Gasteiger partial charge in [-0.05, 0) is 37.1 Å². The van der Waals surface area contributed by atoms with Crippen molar-refractivity contribution in [3.63, 3.8) is 0 Å². The summed E-state index contributed by atoms with van der Waals surface area (Å²) in [6, 6.07) is 3.95. The largest absolute Gasteiger partial charge is 0.459 e. The molecule has 0 spiro atoms. The predicted octanol–water partition coefficient (Wildman–Crippen LogP) is 4.41. The number of hydrogen-bond donors (Lipinski definition) is 1. The van der Waals surface area contributed by atoms with Crippen LogP contribution in [0, 0.1) is 6.92 Å². The standard InChI is InChI=1S/C15H20ClNO/c1-9-6-10(16)7-11-13(15(2,3)4)12(8-17-5)18-14(9)11/h6-7,17H,8H2,1-5H3. The van der Waals surface area contributed by atoms with Crippen molar-refractivity contribution in [2.75, 3.05) is 7.05 Å². The summed E-state index contributed by atoms with van der Waals surface area (Å²) in [5, 5.41) is 5.07. The van der Waals surface area contributed by atoms with Crippen LogP contribution < -0.4 is 5.32 Å². The minimum atomic E-state index is 0.0363. The zero-order valence-corrected chi connectivity index (χ0v) is 12.4. The maximum absolute atomic E-state index is 6.18. The van der Waals surface area contributed by atoms with Gasteiger partial charge in [0.15, 0.2) is 0 Å². The van der Waals surface area contributed by atoms with Crippen molar-refractivity contribution in [3.8, 4) is 0 Å². The number of furan rings is 1. The van der Waals surface area contributed by atoms with Crippen LogP contribution in [0.1, 0.15) is 37.7 Å². The summed E-state index contributed by atoms with van der Waals surface area (Å²) < 4.78 is 6.03. The lowest BCUT2D eigenvalue weighted by Gasteiger charge is -2.19. The van der Waals surface area contributed by atoms with Gasteiger partial charge in [-0.2, -0.15) is 0 Å². The zero-order valence-electron chi connectivity index (χ0n) is 11.6. The Kier molecular flexibility index (Phi) is 3.43.